The van der Waals surface area contributed by atoms with Crippen LogP contribution in [0.3, 0.4) is 0 Å². The molecule has 1 saturated heterocycles. The van der Waals surface area contributed by atoms with Gasteiger partial charge in [-0.15, -0.1) is 0 Å². The van der Waals surface area contributed by atoms with Gasteiger partial charge in [0.05, 0.1) is 0 Å². The number of nitrogens with zero attached hydrogens (tertiary/aromatic N) is 1. The van der Waals surface area contributed by atoms with Gasteiger partial charge in [-0.1, -0.05) is 19.8 Å². The first-order valence-electron chi connectivity index (χ1n) is 6.09. The summed E-state index contributed by atoms with van der Waals surface area (Å²) in [7, 11) is 4.34. The van der Waals surface area contributed by atoms with E-state index in [1.807, 2.05) is 0 Å². The van der Waals surface area contributed by atoms with E-state index in [-0.39, 0.29) is 0 Å². The van der Waals surface area contributed by atoms with Crippen molar-refractivity contribution in [3.8, 4) is 0 Å². The molecule has 1 rings (SSSR count). The van der Waals surface area contributed by atoms with Gasteiger partial charge < -0.3 is 10.2 Å². The first-order chi connectivity index (χ1) is 6.74. The second-order valence-corrected chi connectivity index (χ2v) is 4.89. The molecule has 1 fully saturated rings. The van der Waals surface area contributed by atoms with Crippen molar-refractivity contribution in [3.05, 3.63) is 0 Å². The lowest BCUT2D eigenvalue weighted by atomic mass is 9.81. The third-order valence-corrected chi connectivity index (χ3v) is 3.37. The molecule has 0 radical (unpaired) electrons. The van der Waals surface area contributed by atoms with Gasteiger partial charge in [-0.05, 0) is 58.4 Å². The first kappa shape index (κ1) is 12.0. The Hall–Kier alpha value is -0.0800. The van der Waals surface area contributed by atoms with Gasteiger partial charge in [0.25, 0.3) is 0 Å². The summed E-state index contributed by atoms with van der Waals surface area (Å²) in [6.45, 7) is 6.04. The van der Waals surface area contributed by atoms with Crippen LogP contribution in [0.1, 0.15) is 32.6 Å². The van der Waals surface area contributed by atoms with Crippen molar-refractivity contribution < 1.29 is 0 Å². The van der Waals surface area contributed by atoms with Gasteiger partial charge in [0.2, 0.25) is 0 Å². The molecule has 2 nitrogen and oxygen atoms in total. The predicted molar refractivity (Wildman–Crippen MR) is 62.5 cm³/mol. The first-order valence-corrected chi connectivity index (χ1v) is 6.09. The van der Waals surface area contributed by atoms with Crippen LogP contribution in [0.5, 0.6) is 0 Å². The molecule has 1 heterocycles. The van der Waals surface area contributed by atoms with E-state index in [4.69, 9.17) is 0 Å². The van der Waals surface area contributed by atoms with E-state index < -0.39 is 0 Å². The van der Waals surface area contributed by atoms with Crippen molar-refractivity contribution in [3.63, 3.8) is 0 Å². The van der Waals surface area contributed by atoms with E-state index in [0.29, 0.717) is 0 Å². The van der Waals surface area contributed by atoms with Gasteiger partial charge in [-0.2, -0.15) is 0 Å². The molecule has 14 heavy (non-hydrogen) atoms. The lowest BCUT2D eigenvalue weighted by Gasteiger charge is -2.32. The van der Waals surface area contributed by atoms with Crippen LogP contribution in [-0.2, 0) is 0 Å². The lowest BCUT2D eigenvalue weighted by Crippen LogP contribution is -2.38. The summed E-state index contributed by atoms with van der Waals surface area (Å²) in [4.78, 5) is 2.30. The molecule has 0 aliphatic carbocycles. The Kier molecular flexibility index (Phi) is 5.49. The zero-order valence-electron chi connectivity index (χ0n) is 10.1. The fourth-order valence-electron chi connectivity index (χ4n) is 2.49. The molecule has 0 aromatic rings. The van der Waals surface area contributed by atoms with Gasteiger partial charge in [-0.25, -0.2) is 0 Å². The van der Waals surface area contributed by atoms with Crippen LogP contribution in [0.15, 0.2) is 0 Å². The summed E-state index contributed by atoms with van der Waals surface area (Å²) in [5, 5.41) is 3.53. The molecular formula is C12H26N2. The van der Waals surface area contributed by atoms with Crippen molar-refractivity contribution in [1.82, 2.24) is 10.2 Å². The summed E-state index contributed by atoms with van der Waals surface area (Å²) in [6.07, 6.45) is 5.54. The zero-order valence-corrected chi connectivity index (χ0v) is 10.1. The standard InChI is InChI=1S/C12H26N2/c1-4-5-11-6-8-13-10-12(11)7-9-14(2)3/h11-13H,4-10H2,1-3H3/t11?,12-/m0/s1. The monoisotopic (exact) mass is 198 g/mol. The molecule has 0 spiro atoms. The molecule has 1 unspecified atom stereocenters. The average Bonchev–Trinajstić information content (AvgIpc) is 2.17. The van der Waals surface area contributed by atoms with Gasteiger partial charge in [0.1, 0.15) is 0 Å². The van der Waals surface area contributed by atoms with E-state index in [0.717, 1.165) is 11.8 Å². The molecule has 84 valence electrons. The molecule has 1 aliphatic heterocycles. The smallest absolute Gasteiger partial charge is 0.00174 e. The molecule has 0 amide bonds. The summed E-state index contributed by atoms with van der Waals surface area (Å²) >= 11 is 0. The zero-order chi connectivity index (χ0) is 10.4. The fourth-order valence-corrected chi connectivity index (χ4v) is 2.49. The molecule has 1 N–H and O–H groups in total. The molecule has 0 saturated carbocycles. The molecule has 1 aliphatic rings. The number of piperidine rings is 1. The minimum absolute atomic E-state index is 0.922. The molecule has 0 aromatic carbocycles. The highest BCUT2D eigenvalue weighted by atomic mass is 15.0. The Labute approximate surface area is 89.1 Å². The van der Waals surface area contributed by atoms with E-state index in [1.165, 1.54) is 45.3 Å². The Morgan fingerprint density at radius 3 is 2.64 bits per heavy atom. The number of hydrogen-bond donors (Lipinski definition) is 1. The van der Waals surface area contributed by atoms with Crippen LogP contribution in [0.4, 0.5) is 0 Å². The second kappa shape index (κ2) is 6.41. The maximum atomic E-state index is 3.53. The Morgan fingerprint density at radius 1 is 1.21 bits per heavy atom. The highest BCUT2D eigenvalue weighted by Gasteiger charge is 2.23. The van der Waals surface area contributed by atoms with Gasteiger partial charge in [0, 0.05) is 0 Å². The minimum Gasteiger partial charge on any atom is -0.316 e. The van der Waals surface area contributed by atoms with Crippen molar-refractivity contribution in [2.45, 2.75) is 32.6 Å². The summed E-state index contributed by atoms with van der Waals surface area (Å²) in [5.41, 5.74) is 0. The third kappa shape index (κ3) is 3.97. The van der Waals surface area contributed by atoms with E-state index >= 15 is 0 Å². The fraction of sp³-hybridized carbons (Fsp3) is 1.00. The molecule has 0 aromatic heterocycles. The number of rotatable bonds is 5. The molecule has 0 bridgehead atoms. The maximum Gasteiger partial charge on any atom is -0.00174 e. The highest BCUT2D eigenvalue weighted by Crippen LogP contribution is 2.26. The average molecular weight is 198 g/mol. The van der Waals surface area contributed by atoms with Crippen molar-refractivity contribution >= 4 is 0 Å². The lowest BCUT2D eigenvalue weighted by molar-refractivity contribution is 0.208. The Balaban J connectivity index is 2.30. The summed E-state index contributed by atoms with van der Waals surface area (Å²) in [6, 6.07) is 0. The van der Waals surface area contributed by atoms with Gasteiger partial charge in [0.15, 0.2) is 0 Å². The minimum atomic E-state index is 0.922. The SMILES string of the molecule is CCCC1CCNC[C@@H]1CCN(C)C. The van der Waals surface area contributed by atoms with Crippen LogP contribution in [0, 0.1) is 11.8 Å². The number of nitrogens with one attached hydrogen (secondary N) is 1. The summed E-state index contributed by atoms with van der Waals surface area (Å²) < 4.78 is 0. The van der Waals surface area contributed by atoms with Crippen LogP contribution < -0.4 is 5.32 Å². The van der Waals surface area contributed by atoms with Gasteiger partial charge in [-0.3, -0.25) is 0 Å². The van der Waals surface area contributed by atoms with Crippen LogP contribution in [0.25, 0.3) is 0 Å². The van der Waals surface area contributed by atoms with Crippen molar-refractivity contribution in [2.24, 2.45) is 11.8 Å². The Bertz CT molecular complexity index is 143. The van der Waals surface area contributed by atoms with E-state index in [9.17, 15) is 0 Å². The van der Waals surface area contributed by atoms with E-state index in [2.05, 4.69) is 31.2 Å². The molecular weight excluding hydrogens is 172 g/mol. The Morgan fingerprint density at radius 2 is 2.00 bits per heavy atom. The quantitative estimate of drug-likeness (QED) is 0.726. The highest BCUT2D eigenvalue weighted by molar-refractivity contribution is 4.78. The van der Waals surface area contributed by atoms with E-state index in [1.54, 1.807) is 0 Å². The molecule has 2 atom stereocenters. The molecule has 2 heteroatoms. The number of hydrogen-bond acceptors (Lipinski definition) is 2. The third-order valence-electron chi connectivity index (χ3n) is 3.37. The van der Waals surface area contributed by atoms with Crippen molar-refractivity contribution in [2.75, 3.05) is 33.7 Å². The normalized spacial score (nSPS) is 28.3. The predicted octanol–water partition coefficient (Wildman–Crippen LogP) is 1.96. The topological polar surface area (TPSA) is 15.3 Å². The van der Waals surface area contributed by atoms with Crippen molar-refractivity contribution in [1.29, 1.82) is 0 Å². The summed E-state index contributed by atoms with van der Waals surface area (Å²) in [5.74, 6) is 1.91. The largest absolute Gasteiger partial charge is 0.316 e. The van der Waals surface area contributed by atoms with Crippen LogP contribution >= 0.6 is 0 Å². The van der Waals surface area contributed by atoms with Crippen LogP contribution in [-0.4, -0.2) is 38.6 Å². The van der Waals surface area contributed by atoms with Gasteiger partial charge >= 0.3 is 0 Å². The maximum absolute atomic E-state index is 3.53. The van der Waals surface area contributed by atoms with Crippen LogP contribution in [0.2, 0.25) is 0 Å². The second-order valence-electron chi connectivity index (χ2n) is 4.89.